The van der Waals surface area contributed by atoms with Crippen LogP contribution < -0.4 is 4.72 Å². The maximum atomic E-state index is 11.9. The molecule has 7 nitrogen and oxygen atoms in total. The summed E-state index contributed by atoms with van der Waals surface area (Å²) in [6, 6.07) is 6.20. The first-order valence-corrected chi connectivity index (χ1v) is 7.63. The quantitative estimate of drug-likeness (QED) is 0.741. The Morgan fingerprint density at radius 1 is 1.19 bits per heavy atom. The zero-order valence-electron chi connectivity index (χ0n) is 12.1. The molecule has 0 saturated heterocycles. The number of likely N-dealkylation sites (N-methyl/N-ethyl adjacent to an activating group) is 1. The topological polar surface area (TPSA) is 92.8 Å². The molecule has 0 aliphatic rings. The lowest BCUT2D eigenvalue weighted by Gasteiger charge is -2.11. The zero-order valence-corrected chi connectivity index (χ0v) is 12.9. The van der Waals surface area contributed by atoms with Gasteiger partial charge >= 0.3 is 5.97 Å². The Kier molecular flexibility index (Phi) is 5.86. The molecule has 1 amide bonds. The average molecular weight is 314 g/mol. The Hall–Kier alpha value is -1.93. The maximum Gasteiger partial charge on any atom is 0.321 e. The minimum atomic E-state index is -3.77. The van der Waals surface area contributed by atoms with Gasteiger partial charge in [-0.05, 0) is 19.1 Å². The number of nitrogens with zero attached hydrogens (tertiary/aromatic N) is 1. The number of carbonyl (C=O) groups excluding carboxylic acids is 2. The molecule has 0 heterocycles. The molecule has 1 aromatic carbocycles. The molecule has 0 atom stereocenters. The average Bonchev–Trinajstić information content (AvgIpc) is 2.43. The maximum absolute atomic E-state index is 11.9. The zero-order chi connectivity index (χ0) is 16.0. The number of amides is 1. The van der Waals surface area contributed by atoms with E-state index < -0.39 is 29.1 Å². The monoisotopic (exact) mass is 314 g/mol. The van der Waals surface area contributed by atoms with E-state index >= 15 is 0 Å². The molecule has 8 heteroatoms. The summed E-state index contributed by atoms with van der Waals surface area (Å²) in [6.45, 7) is 0.887. The van der Waals surface area contributed by atoms with Crippen molar-refractivity contribution in [2.24, 2.45) is 0 Å². The smallest absolute Gasteiger partial charge is 0.321 e. The van der Waals surface area contributed by atoms with E-state index in [1.807, 2.05) is 6.92 Å². The van der Waals surface area contributed by atoms with Crippen molar-refractivity contribution in [3.05, 3.63) is 29.8 Å². The number of aryl methyl sites for hydroxylation is 1. The Balaban J connectivity index is 2.52. The first-order chi connectivity index (χ1) is 9.72. The van der Waals surface area contributed by atoms with Crippen LogP contribution in [0, 0.1) is 6.92 Å². The number of sulfonamides is 1. The normalized spacial score (nSPS) is 11.0. The number of hydrogen-bond donors (Lipinski definition) is 1. The van der Waals surface area contributed by atoms with Crippen LogP contribution in [0.15, 0.2) is 29.2 Å². The van der Waals surface area contributed by atoms with E-state index in [2.05, 4.69) is 9.46 Å². The highest BCUT2D eigenvalue weighted by Gasteiger charge is 2.16. The van der Waals surface area contributed by atoms with E-state index in [1.165, 1.54) is 31.1 Å². The van der Waals surface area contributed by atoms with E-state index in [4.69, 9.17) is 0 Å². The predicted molar refractivity (Wildman–Crippen MR) is 76.0 cm³/mol. The van der Waals surface area contributed by atoms with E-state index in [1.54, 1.807) is 12.1 Å². The Bertz CT molecular complexity index is 608. The molecule has 0 radical (unpaired) electrons. The molecule has 0 spiro atoms. The molecule has 0 aromatic heterocycles. The fourth-order valence-corrected chi connectivity index (χ4v) is 2.25. The van der Waals surface area contributed by atoms with E-state index in [-0.39, 0.29) is 10.8 Å². The molecule has 0 aliphatic carbocycles. The van der Waals surface area contributed by atoms with Gasteiger partial charge in [-0.2, -0.15) is 4.72 Å². The van der Waals surface area contributed by atoms with Crippen LogP contribution in [0.25, 0.3) is 0 Å². The molecule has 0 bridgehead atoms. The van der Waals surface area contributed by atoms with Gasteiger partial charge in [0.25, 0.3) is 5.91 Å². The fraction of sp³-hybridized carbons (Fsp3) is 0.385. The second-order valence-corrected chi connectivity index (χ2v) is 6.35. The lowest BCUT2D eigenvalue weighted by Crippen LogP contribution is -2.33. The Morgan fingerprint density at radius 3 is 2.29 bits per heavy atom. The van der Waals surface area contributed by atoms with Gasteiger partial charge in [0.2, 0.25) is 10.0 Å². The first-order valence-electron chi connectivity index (χ1n) is 6.14. The van der Waals surface area contributed by atoms with Crippen LogP contribution >= 0.6 is 0 Å². The second-order valence-electron chi connectivity index (χ2n) is 4.59. The molecule has 1 N–H and O–H groups in total. The van der Waals surface area contributed by atoms with Gasteiger partial charge in [0, 0.05) is 14.1 Å². The van der Waals surface area contributed by atoms with Crippen LogP contribution in [-0.4, -0.2) is 52.4 Å². The highest BCUT2D eigenvalue weighted by atomic mass is 32.2. The number of benzene rings is 1. The summed E-state index contributed by atoms with van der Waals surface area (Å²) in [5.41, 5.74) is 0.926. The molecular weight excluding hydrogens is 296 g/mol. The molecule has 0 fully saturated rings. The number of ether oxygens (including phenoxy) is 1. The molecule has 1 rings (SSSR count). The van der Waals surface area contributed by atoms with Crippen molar-refractivity contribution >= 4 is 21.9 Å². The summed E-state index contributed by atoms with van der Waals surface area (Å²) in [5, 5.41) is 0. The lowest BCUT2D eigenvalue weighted by molar-refractivity contribution is -0.149. The van der Waals surface area contributed by atoms with Crippen LogP contribution in [0.4, 0.5) is 0 Å². The van der Waals surface area contributed by atoms with Gasteiger partial charge in [-0.1, -0.05) is 17.7 Å². The standard InChI is InChI=1S/C13H18N2O5S/c1-10-4-6-11(7-5-10)21(18,19)14-8-13(17)20-9-12(16)15(2)3/h4-7,14H,8-9H2,1-3H3. The second kappa shape index (κ2) is 7.19. The Labute approximate surface area is 123 Å². The van der Waals surface area contributed by atoms with Crippen LogP contribution in [0.2, 0.25) is 0 Å². The summed E-state index contributed by atoms with van der Waals surface area (Å²) in [6.07, 6.45) is 0. The largest absolute Gasteiger partial charge is 0.455 e. The molecule has 0 aliphatic heterocycles. The molecular formula is C13H18N2O5S. The summed E-state index contributed by atoms with van der Waals surface area (Å²) >= 11 is 0. The predicted octanol–water partition coefficient (Wildman–Crippen LogP) is -0.0953. The van der Waals surface area contributed by atoms with Gasteiger partial charge in [-0.3, -0.25) is 9.59 Å². The fourth-order valence-electron chi connectivity index (χ4n) is 1.28. The van der Waals surface area contributed by atoms with Gasteiger partial charge in [0.15, 0.2) is 6.61 Å². The van der Waals surface area contributed by atoms with Crippen molar-refractivity contribution in [1.29, 1.82) is 0 Å². The van der Waals surface area contributed by atoms with Crippen molar-refractivity contribution in [3.8, 4) is 0 Å². The van der Waals surface area contributed by atoms with E-state index in [9.17, 15) is 18.0 Å². The number of rotatable bonds is 6. The Morgan fingerprint density at radius 2 is 1.76 bits per heavy atom. The summed E-state index contributed by atoms with van der Waals surface area (Å²) in [4.78, 5) is 23.9. The third kappa shape index (κ3) is 5.52. The van der Waals surface area contributed by atoms with Gasteiger partial charge in [-0.15, -0.1) is 0 Å². The van der Waals surface area contributed by atoms with Crippen molar-refractivity contribution in [2.45, 2.75) is 11.8 Å². The minimum absolute atomic E-state index is 0.0604. The van der Waals surface area contributed by atoms with Crippen LogP contribution in [0.1, 0.15) is 5.56 Å². The van der Waals surface area contributed by atoms with E-state index in [0.29, 0.717) is 0 Å². The number of carbonyl (C=O) groups is 2. The molecule has 21 heavy (non-hydrogen) atoms. The number of hydrogen-bond acceptors (Lipinski definition) is 5. The first kappa shape index (κ1) is 17.1. The van der Waals surface area contributed by atoms with Crippen molar-refractivity contribution < 1.29 is 22.7 Å². The van der Waals surface area contributed by atoms with Crippen LogP contribution in [0.5, 0.6) is 0 Å². The highest BCUT2D eigenvalue weighted by Crippen LogP contribution is 2.09. The summed E-state index contributed by atoms with van der Waals surface area (Å²) in [7, 11) is -0.725. The van der Waals surface area contributed by atoms with Crippen LogP contribution in [-0.2, 0) is 24.3 Å². The molecule has 116 valence electrons. The SMILES string of the molecule is Cc1ccc(S(=O)(=O)NCC(=O)OCC(=O)N(C)C)cc1. The van der Waals surface area contributed by atoms with Crippen LogP contribution in [0.3, 0.4) is 0 Å². The molecule has 0 unspecified atom stereocenters. The molecule has 1 aromatic rings. The van der Waals surface area contributed by atoms with Gasteiger partial charge in [-0.25, -0.2) is 8.42 Å². The van der Waals surface area contributed by atoms with E-state index in [0.717, 1.165) is 5.56 Å². The van der Waals surface area contributed by atoms with Gasteiger partial charge < -0.3 is 9.64 Å². The van der Waals surface area contributed by atoms with Crippen molar-refractivity contribution in [2.75, 3.05) is 27.2 Å². The molecule has 0 saturated carbocycles. The minimum Gasteiger partial charge on any atom is -0.455 e. The lowest BCUT2D eigenvalue weighted by atomic mass is 10.2. The summed E-state index contributed by atoms with van der Waals surface area (Å²) in [5.74, 6) is -1.20. The highest BCUT2D eigenvalue weighted by molar-refractivity contribution is 7.89. The summed E-state index contributed by atoms with van der Waals surface area (Å²) < 4.78 is 30.6. The number of nitrogens with one attached hydrogen (secondary N) is 1. The van der Waals surface area contributed by atoms with Crippen molar-refractivity contribution in [3.63, 3.8) is 0 Å². The number of esters is 1. The van der Waals surface area contributed by atoms with Gasteiger partial charge in [0.05, 0.1) is 4.90 Å². The third-order valence-electron chi connectivity index (χ3n) is 2.59. The van der Waals surface area contributed by atoms with Crippen molar-refractivity contribution in [1.82, 2.24) is 9.62 Å². The third-order valence-corrected chi connectivity index (χ3v) is 4.01. The van der Waals surface area contributed by atoms with Gasteiger partial charge in [0.1, 0.15) is 6.54 Å².